The molecule has 1 aromatic carbocycles. The molecular weight excluding hydrogens is 412 g/mol. The highest BCUT2D eigenvalue weighted by molar-refractivity contribution is 6.43. The van der Waals surface area contributed by atoms with Gasteiger partial charge in [-0.3, -0.25) is 19.2 Å². The lowest BCUT2D eigenvalue weighted by molar-refractivity contribution is -0.132. The number of rotatable bonds is 6. The largest absolute Gasteiger partial charge is 0.441 e. The lowest BCUT2D eigenvalue weighted by Crippen LogP contribution is -2.38. The van der Waals surface area contributed by atoms with Crippen molar-refractivity contribution in [1.82, 2.24) is 19.7 Å². The highest BCUT2D eigenvalue weighted by Gasteiger charge is 2.16. The molecule has 0 spiro atoms. The summed E-state index contributed by atoms with van der Waals surface area (Å²) >= 11 is 0. The molecule has 1 aliphatic heterocycles. The molecule has 0 saturated carbocycles. The van der Waals surface area contributed by atoms with Crippen LogP contribution in [0.4, 0.5) is 11.4 Å². The summed E-state index contributed by atoms with van der Waals surface area (Å²) in [5, 5.41) is 9.43. The zero-order valence-electron chi connectivity index (χ0n) is 18.1. The van der Waals surface area contributed by atoms with Crippen LogP contribution in [0.5, 0.6) is 0 Å². The van der Waals surface area contributed by atoms with Gasteiger partial charge in [-0.05, 0) is 32.0 Å². The van der Waals surface area contributed by atoms with Gasteiger partial charge in [0.1, 0.15) is 5.76 Å². The molecule has 32 heavy (non-hydrogen) atoms. The number of carbonyl (C=O) groups is 2. The molecule has 1 aliphatic rings. The number of ether oxygens (including phenoxy) is 1. The van der Waals surface area contributed by atoms with E-state index >= 15 is 0 Å². The van der Waals surface area contributed by atoms with Gasteiger partial charge in [-0.2, -0.15) is 5.10 Å². The van der Waals surface area contributed by atoms with Crippen LogP contribution in [0, 0.1) is 13.8 Å². The Kier molecular flexibility index (Phi) is 6.62. The molecule has 4 rings (SSSR count). The maximum absolute atomic E-state index is 12.4. The first kappa shape index (κ1) is 21.7. The number of anilines is 2. The summed E-state index contributed by atoms with van der Waals surface area (Å²) in [6.07, 6.45) is 3.23. The zero-order chi connectivity index (χ0) is 22.5. The second-order valence-electron chi connectivity index (χ2n) is 7.60. The van der Waals surface area contributed by atoms with E-state index < -0.39 is 11.8 Å². The number of nitrogens with one attached hydrogen (secondary N) is 2. The number of nitrogens with zero attached hydrogens (tertiary/aromatic N) is 4. The van der Waals surface area contributed by atoms with Crippen LogP contribution >= 0.6 is 0 Å². The van der Waals surface area contributed by atoms with E-state index in [0.717, 1.165) is 44.3 Å². The number of carbonyl (C=O) groups excluding carboxylic acids is 2. The molecule has 0 unspecified atom stereocenters. The van der Waals surface area contributed by atoms with Crippen LogP contribution in [0.2, 0.25) is 0 Å². The quantitative estimate of drug-likeness (QED) is 0.566. The van der Waals surface area contributed by atoms with E-state index in [4.69, 9.17) is 9.15 Å². The van der Waals surface area contributed by atoms with Gasteiger partial charge in [0.05, 0.1) is 37.3 Å². The van der Waals surface area contributed by atoms with E-state index in [2.05, 4.69) is 25.6 Å². The van der Waals surface area contributed by atoms with Gasteiger partial charge < -0.3 is 19.8 Å². The van der Waals surface area contributed by atoms with Gasteiger partial charge >= 0.3 is 11.8 Å². The molecule has 10 nitrogen and oxygen atoms in total. The number of hydrogen-bond acceptors (Lipinski definition) is 7. The van der Waals surface area contributed by atoms with Crippen molar-refractivity contribution < 1.29 is 18.7 Å². The Bertz CT molecular complexity index is 1080. The summed E-state index contributed by atoms with van der Waals surface area (Å²) in [6, 6.07) is 6.99. The number of morpholine rings is 1. The molecule has 2 aromatic heterocycles. The fraction of sp³-hybridized carbons (Fsp3) is 0.364. The summed E-state index contributed by atoms with van der Waals surface area (Å²) in [6.45, 7) is 8.54. The first-order valence-corrected chi connectivity index (χ1v) is 10.5. The lowest BCUT2D eigenvalue weighted by atomic mass is 10.2. The molecule has 1 saturated heterocycles. The van der Waals surface area contributed by atoms with Crippen molar-refractivity contribution in [2.24, 2.45) is 0 Å². The van der Waals surface area contributed by atoms with Gasteiger partial charge in [-0.1, -0.05) is 6.07 Å². The number of amides is 2. The van der Waals surface area contributed by atoms with Crippen molar-refractivity contribution in [2.45, 2.75) is 20.4 Å². The summed E-state index contributed by atoms with van der Waals surface area (Å²) in [5.41, 5.74) is 2.45. The van der Waals surface area contributed by atoms with E-state index in [9.17, 15) is 9.59 Å². The van der Waals surface area contributed by atoms with Crippen LogP contribution in [-0.2, 0) is 20.9 Å². The Hall–Kier alpha value is -3.50. The highest BCUT2D eigenvalue weighted by atomic mass is 16.5. The van der Waals surface area contributed by atoms with Crippen LogP contribution in [0.25, 0.3) is 11.5 Å². The predicted octanol–water partition coefficient (Wildman–Crippen LogP) is 2.06. The minimum atomic E-state index is -0.775. The van der Waals surface area contributed by atoms with Gasteiger partial charge in [-0.15, -0.1) is 0 Å². The third-order valence-corrected chi connectivity index (χ3v) is 5.24. The second-order valence-corrected chi connectivity index (χ2v) is 7.60. The summed E-state index contributed by atoms with van der Waals surface area (Å²) < 4.78 is 12.7. The number of aryl methyl sites for hydroxylation is 2. The zero-order valence-corrected chi connectivity index (χ0v) is 18.1. The van der Waals surface area contributed by atoms with Crippen LogP contribution in [0.3, 0.4) is 0 Å². The number of aromatic nitrogens is 3. The third kappa shape index (κ3) is 5.40. The van der Waals surface area contributed by atoms with Crippen molar-refractivity contribution in [3.8, 4) is 11.5 Å². The topological polar surface area (TPSA) is 115 Å². The van der Waals surface area contributed by atoms with Crippen molar-refractivity contribution in [2.75, 3.05) is 43.5 Å². The van der Waals surface area contributed by atoms with Crippen LogP contribution < -0.4 is 10.6 Å². The number of benzene rings is 1. The molecule has 3 heterocycles. The van der Waals surface area contributed by atoms with E-state index in [1.165, 1.54) is 6.20 Å². The SMILES string of the molecule is Cc1nc(-c2cccc(NC(=O)C(=O)Nc3cnn(CCN4CCOCC4)c3)c2)oc1C. The Balaban J connectivity index is 1.31. The third-order valence-electron chi connectivity index (χ3n) is 5.24. The normalized spacial score (nSPS) is 14.3. The number of oxazole rings is 1. The minimum Gasteiger partial charge on any atom is -0.441 e. The first-order chi connectivity index (χ1) is 15.5. The van der Waals surface area contributed by atoms with E-state index in [0.29, 0.717) is 29.4 Å². The van der Waals surface area contributed by atoms with Crippen molar-refractivity contribution >= 4 is 23.2 Å². The van der Waals surface area contributed by atoms with Gasteiger partial charge in [0.2, 0.25) is 5.89 Å². The Morgan fingerprint density at radius 2 is 1.81 bits per heavy atom. The fourth-order valence-electron chi connectivity index (χ4n) is 3.32. The molecule has 1 fully saturated rings. The molecule has 10 heteroatoms. The maximum Gasteiger partial charge on any atom is 0.314 e. The molecule has 0 radical (unpaired) electrons. The van der Waals surface area contributed by atoms with Crippen LogP contribution in [0.1, 0.15) is 11.5 Å². The molecule has 3 aromatic rings. The lowest BCUT2D eigenvalue weighted by Gasteiger charge is -2.26. The Labute approximate surface area is 185 Å². The van der Waals surface area contributed by atoms with Crippen LogP contribution in [0.15, 0.2) is 41.1 Å². The molecule has 0 atom stereocenters. The predicted molar refractivity (Wildman–Crippen MR) is 118 cm³/mol. The summed E-state index contributed by atoms with van der Waals surface area (Å²) in [7, 11) is 0. The van der Waals surface area contributed by atoms with Gasteiger partial charge in [0.15, 0.2) is 0 Å². The monoisotopic (exact) mass is 438 g/mol. The molecule has 168 valence electrons. The van der Waals surface area contributed by atoms with Crippen molar-refractivity contribution in [3.63, 3.8) is 0 Å². The van der Waals surface area contributed by atoms with Gasteiger partial charge in [0, 0.05) is 37.1 Å². The molecule has 0 aliphatic carbocycles. The van der Waals surface area contributed by atoms with E-state index in [-0.39, 0.29) is 0 Å². The minimum absolute atomic E-state index is 0.463. The summed E-state index contributed by atoms with van der Waals surface area (Å²) in [4.78, 5) is 31.3. The van der Waals surface area contributed by atoms with E-state index in [1.807, 2.05) is 19.9 Å². The second kappa shape index (κ2) is 9.75. The molecular formula is C22H26N6O4. The van der Waals surface area contributed by atoms with Crippen LogP contribution in [-0.4, -0.2) is 64.3 Å². The van der Waals surface area contributed by atoms with Gasteiger partial charge in [0.25, 0.3) is 0 Å². The summed E-state index contributed by atoms with van der Waals surface area (Å²) in [5.74, 6) is -0.349. The average Bonchev–Trinajstić information content (AvgIpc) is 3.39. The average molecular weight is 438 g/mol. The molecule has 0 bridgehead atoms. The Morgan fingerprint density at radius 3 is 2.53 bits per heavy atom. The fourth-order valence-corrected chi connectivity index (χ4v) is 3.32. The number of hydrogen-bond donors (Lipinski definition) is 2. The highest BCUT2D eigenvalue weighted by Crippen LogP contribution is 2.24. The van der Waals surface area contributed by atoms with E-state index in [1.54, 1.807) is 29.1 Å². The molecule has 2 amide bonds. The smallest absolute Gasteiger partial charge is 0.314 e. The van der Waals surface area contributed by atoms with Crippen molar-refractivity contribution in [1.29, 1.82) is 0 Å². The molecule has 2 N–H and O–H groups in total. The Morgan fingerprint density at radius 1 is 1.06 bits per heavy atom. The standard InChI is InChI=1S/C22H26N6O4/c1-15-16(2)32-22(24-15)17-4-3-5-18(12-17)25-20(29)21(30)26-19-13-23-28(14-19)7-6-27-8-10-31-11-9-27/h3-5,12-14H,6-11H2,1-2H3,(H,25,29)(H,26,30). The first-order valence-electron chi connectivity index (χ1n) is 10.5. The van der Waals surface area contributed by atoms with Crippen molar-refractivity contribution in [3.05, 3.63) is 48.1 Å². The maximum atomic E-state index is 12.4. The van der Waals surface area contributed by atoms with Gasteiger partial charge in [-0.25, -0.2) is 4.98 Å².